The Morgan fingerprint density at radius 2 is 1.95 bits per heavy atom. The van der Waals surface area contributed by atoms with Crippen LogP contribution in [0.3, 0.4) is 0 Å². The molecule has 0 aromatic carbocycles. The second kappa shape index (κ2) is 6.09. The van der Waals surface area contributed by atoms with Gasteiger partial charge in [-0.2, -0.15) is 0 Å². The van der Waals surface area contributed by atoms with Crippen molar-refractivity contribution in [1.82, 2.24) is 4.98 Å². The number of rotatable bonds is 3. The van der Waals surface area contributed by atoms with Crippen LogP contribution in [0.5, 0.6) is 0 Å². The van der Waals surface area contributed by atoms with E-state index in [4.69, 9.17) is 11.6 Å². The minimum absolute atomic E-state index is 0.0528. The maximum atomic E-state index is 11.7. The summed E-state index contributed by atoms with van der Waals surface area (Å²) in [6.07, 6.45) is 0. The van der Waals surface area contributed by atoms with Crippen LogP contribution in [0.1, 0.15) is 17.4 Å². The van der Waals surface area contributed by atoms with E-state index in [1.54, 1.807) is 6.07 Å². The molecule has 0 aliphatic rings. The molecule has 0 fully saturated rings. The fraction of sp³-hybridized carbons (Fsp3) is 0.417. The number of esters is 1. The Kier molecular flexibility index (Phi) is 5.20. The standard InChI is InChI=1S/C9H8ClN2O3.3CH3.Sn/c1-5(13)12-6-3-4-11-8(7(6)10)9(14)15-2;;;;/h3H,1-2H3,(H,11,12,13);3*1H3;. The molecule has 0 radical (unpaired) electrons. The Hall–Kier alpha value is -0.821. The minimum atomic E-state index is -2.51. The molecular formula is C12H17ClN2O3Sn. The predicted octanol–water partition coefficient (Wildman–Crippen LogP) is 2.03. The van der Waals surface area contributed by atoms with Crippen molar-refractivity contribution in [3.63, 3.8) is 0 Å². The zero-order valence-corrected chi connectivity index (χ0v) is 15.2. The van der Waals surface area contributed by atoms with Gasteiger partial charge in [-0.25, -0.2) is 0 Å². The van der Waals surface area contributed by atoms with Crippen LogP contribution in [-0.4, -0.2) is 42.3 Å². The molecule has 104 valence electrons. The van der Waals surface area contributed by atoms with Gasteiger partial charge in [-0.1, -0.05) is 0 Å². The zero-order chi connectivity index (χ0) is 14.8. The summed E-state index contributed by atoms with van der Waals surface area (Å²) in [7, 11) is 1.27. The second-order valence-corrected chi connectivity index (χ2v) is 19.8. The third-order valence-corrected chi connectivity index (χ3v) is 7.92. The maximum absolute atomic E-state index is 11.7. The molecule has 0 spiro atoms. The predicted molar refractivity (Wildman–Crippen MR) is 77.9 cm³/mol. The van der Waals surface area contributed by atoms with Gasteiger partial charge in [0.25, 0.3) is 0 Å². The number of ether oxygens (including phenoxy) is 1. The van der Waals surface area contributed by atoms with Gasteiger partial charge < -0.3 is 0 Å². The van der Waals surface area contributed by atoms with E-state index >= 15 is 0 Å². The molecule has 1 aromatic heterocycles. The Bertz CT molecular complexity index is 526. The molecule has 1 rings (SSSR count). The van der Waals surface area contributed by atoms with E-state index in [0.29, 0.717) is 5.69 Å². The molecule has 1 N–H and O–H groups in total. The normalized spacial score (nSPS) is 11.1. The van der Waals surface area contributed by atoms with Crippen LogP contribution in [0, 0.1) is 0 Å². The average Bonchev–Trinajstić information content (AvgIpc) is 2.28. The van der Waals surface area contributed by atoms with Crippen molar-refractivity contribution in [2.24, 2.45) is 0 Å². The van der Waals surface area contributed by atoms with Crippen LogP contribution in [-0.2, 0) is 9.53 Å². The number of hydrogen-bond donors (Lipinski definition) is 1. The van der Waals surface area contributed by atoms with Crippen molar-refractivity contribution in [3.05, 3.63) is 16.8 Å². The number of nitrogens with one attached hydrogen (secondary N) is 1. The van der Waals surface area contributed by atoms with Crippen molar-refractivity contribution >= 4 is 51.3 Å². The Labute approximate surface area is 121 Å². The number of pyridine rings is 1. The number of carbonyl (C=O) groups excluding carboxylic acids is 2. The van der Waals surface area contributed by atoms with Gasteiger partial charge in [-0.05, 0) is 0 Å². The quantitative estimate of drug-likeness (QED) is 0.632. The van der Waals surface area contributed by atoms with Gasteiger partial charge in [-0.15, -0.1) is 0 Å². The first-order valence-corrected chi connectivity index (χ1v) is 16.1. The first-order valence-electron chi connectivity index (χ1n) is 5.73. The third-order valence-electron chi connectivity index (χ3n) is 2.42. The van der Waals surface area contributed by atoms with Crippen LogP contribution in [0.25, 0.3) is 0 Å². The molecule has 0 aliphatic heterocycles. The van der Waals surface area contributed by atoms with Crippen LogP contribution in [0.15, 0.2) is 6.07 Å². The molecule has 0 atom stereocenters. The van der Waals surface area contributed by atoms with Gasteiger partial charge in [0.1, 0.15) is 0 Å². The molecule has 1 heterocycles. The van der Waals surface area contributed by atoms with E-state index in [9.17, 15) is 9.59 Å². The van der Waals surface area contributed by atoms with Gasteiger partial charge in [0, 0.05) is 0 Å². The van der Waals surface area contributed by atoms with Gasteiger partial charge in [-0.3, -0.25) is 0 Å². The zero-order valence-electron chi connectivity index (χ0n) is 11.6. The summed E-state index contributed by atoms with van der Waals surface area (Å²) in [4.78, 5) is 33.7. The number of methoxy groups -OCH3 is 1. The van der Waals surface area contributed by atoms with Gasteiger partial charge in [0.15, 0.2) is 0 Å². The number of halogens is 1. The van der Waals surface area contributed by atoms with Crippen molar-refractivity contribution in [1.29, 1.82) is 0 Å². The monoisotopic (exact) mass is 392 g/mol. The second-order valence-electron chi connectivity index (χ2n) is 5.14. The molecule has 0 saturated heterocycles. The SMILES string of the molecule is COC(=O)c1n[c]([Sn]([CH3])([CH3])[CH3])cc(NC(C)=O)c1Cl. The van der Waals surface area contributed by atoms with E-state index in [1.165, 1.54) is 14.0 Å². The number of nitrogens with zero attached hydrogens (tertiary/aromatic N) is 1. The van der Waals surface area contributed by atoms with Crippen molar-refractivity contribution in [3.8, 4) is 0 Å². The first-order chi connectivity index (χ1) is 8.66. The van der Waals surface area contributed by atoms with Crippen LogP contribution >= 0.6 is 11.6 Å². The Morgan fingerprint density at radius 3 is 2.37 bits per heavy atom. The summed E-state index contributed by atoms with van der Waals surface area (Å²) in [5.74, 6) is -0.854. The first kappa shape index (κ1) is 16.2. The van der Waals surface area contributed by atoms with Gasteiger partial charge >= 0.3 is 122 Å². The number of anilines is 1. The molecular weight excluding hydrogens is 374 g/mol. The van der Waals surface area contributed by atoms with Crippen LogP contribution in [0.2, 0.25) is 19.8 Å². The molecule has 0 unspecified atom stereocenters. The fourth-order valence-electron chi connectivity index (χ4n) is 1.43. The molecule has 0 bridgehead atoms. The topological polar surface area (TPSA) is 68.3 Å². The summed E-state index contributed by atoms with van der Waals surface area (Å²) in [6.45, 7) is 1.38. The molecule has 0 saturated carbocycles. The molecule has 19 heavy (non-hydrogen) atoms. The molecule has 1 aromatic rings. The van der Waals surface area contributed by atoms with Crippen molar-refractivity contribution < 1.29 is 14.3 Å². The number of hydrogen-bond acceptors (Lipinski definition) is 4. The van der Waals surface area contributed by atoms with E-state index in [2.05, 4.69) is 29.9 Å². The van der Waals surface area contributed by atoms with E-state index in [-0.39, 0.29) is 16.6 Å². The number of carbonyl (C=O) groups is 2. The van der Waals surface area contributed by atoms with Crippen molar-refractivity contribution in [2.45, 2.75) is 21.7 Å². The summed E-state index contributed by atoms with van der Waals surface area (Å²) >= 11 is 3.59. The molecule has 0 aliphatic carbocycles. The van der Waals surface area contributed by atoms with E-state index < -0.39 is 24.3 Å². The summed E-state index contributed by atoms with van der Waals surface area (Å²) in [5, 5.41) is 2.73. The summed E-state index contributed by atoms with van der Waals surface area (Å²) < 4.78 is 5.52. The van der Waals surface area contributed by atoms with E-state index in [0.717, 1.165) is 3.71 Å². The molecule has 5 nitrogen and oxygen atoms in total. The average molecular weight is 391 g/mol. The van der Waals surface area contributed by atoms with Crippen LogP contribution < -0.4 is 9.03 Å². The third kappa shape index (κ3) is 4.07. The van der Waals surface area contributed by atoms with Crippen molar-refractivity contribution in [2.75, 3.05) is 12.4 Å². The van der Waals surface area contributed by atoms with Gasteiger partial charge in [0.05, 0.1) is 0 Å². The summed E-state index contributed by atoms with van der Waals surface area (Å²) in [6, 6.07) is 1.76. The molecule has 7 heteroatoms. The Balaban J connectivity index is 3.47. The number of amides is 1. The Morgan fingerprint density at radius 1 is 1.37 bits per heavy atom. The fourth-order valence-corrected chi connectivity index (χ4v) is 4.57. The number of aromatic nitrogens is 1. The molecule has 1 amide bonds. The van der Waals surface area contributed by atoms with Crippen LogP contribution in [0.4, 0.5) is 5.69 Å². The van der Waals surface area contributed by atoms with Gasteiger partial charge in [0.2, 0.25) is 0 Å². The van der Waals surface area contributed by atoms with E-state index in [1.807, 2.05) is 0 Å². The summed E-state index contributed by atoms with van der Waals surface area (Å²) in [5.41, 5.74) is 0.461.